The number of nitrogens with one attached hydrogen (secondary N) is 1. The molecule has 0 amide bonds. The Labute approximate surface area is 199 Å². The van der Waals surface area contributed by atoms with Gasteiger partial charge in [0.05, 0.1) is 12.3 Å². The standard InChI is InChI=1S/C25H31N5O4/c1-4-28(3)22-7-6-10-26-25(22)29-11-12-30(19(15-29)16-31)23-14-18-13-20(8-9-21(18)27-23)34-17-24(32)33-5-2/h6-10,13-14,16,19,27H,4-5,11-12,15,17H2,1-3H3. The lowest BCUT2D eigenvalue weighted by Gasteiger charge is -2.41. The fourth-order valence-electron chi connectivity index (χ4n) is 4.20. The average Bonchev–Trinajstić information content (AvgIpc) is 3.30. The van der Waals surface area contributed by atoms with Gasteiger partial charge >= 0.3 is 5.97 Å². The molecule has 34 heavy (non-hydrogen) atoms. The Bertz CT molecular complexity index is 1150. The molecule has 3 aromatic rings. The van der Waals surface area contributed by atoms with Gasteiger partial charge in [0.2, 0.25) is 0 Å². The van der Waals surface area contributed by atoms with E-state index in [-0.39, 0.29) is 12.6 Å². The summed E-state index contributed by atoms with van der Waals surface area (Å²) in [5.41, 5.74) is 1.99. The molecule has 1 fully saturated rings. The van der Waals surface area contributed by atoms with Gasteiger partial charge in [0.15, 0.2) is 12.4 Å². The van der Waals surface area contributed by atoms with Crippen LogP contribution in [0.25, 0.3) is 10.9 Å². The van der Waals surface area contributed by atoms with Gasteiger partial charge in [-0.15, -0.1) is 0 Å². The maximum Gasteiger partial charge on any atom is 0.344 e. The molecular formula is C25H31N5O4. The Kier molecular flexibility index (Phi) is 7.20. The third-order valence-corrected chi connectivity index (χ3v) is 6.08. The van der Waals surface area contributed by atoms with Crippen molar-refractivity contribution in [2.45, 2.75) is 19.9 Å². The number of ether oxygens (including phenoxy) is 2. The van der Waals surface area contributed by atoms with Crippen LogP contribution in [0.3, 0.4) is 0 Å². The Morgan fingerprint density at radius 3 is 2.88 bits per heavy atom. The molecule has 9 heteroatoms. The van der Waals surface area contributed by atoms with Crippen molar-refractivity contribution in [3.8, 4) is 5.75 Å². The molecule has 180 valence electrons. The summed E-state index contributed by atoms with van der Waals surface area (Å²) in [6.45, 7) is 6.90. The molecule has 9 nitrogen and oxygen atoms in total. The number of aromatic nitrogens is 2. The highest BCUT2D eigenvalue weighted by molar-refractivity contribution is 5.86. The molecule has 4 rings (SSSR count). The summed E-state index contributed by atoms with van der Waals surface area (Å²) in [4.78, 5) is 38.1. The molecule has 1 atom stereocenters. The van der Waals surface area contributed by atoms with E-state index in [0.717, 1.165) is 47.6 Å². The molecule has 1 aliphatic heterocycles. The van der Waals surface area contributed by atoms with Crippen LogP contribution in [0.1, 0.15) is 13.8 Å². The Balaban J connectivity index is 1.50. The SMILES string of the molecule is CCOC(=O)COc1ccc2[nH]c(N3CCN(c4ncccc4N(C)CC)CC3C=O)cc2c1. The van der Waals surface area contributed by atoms with Crippen LogP contribution >= 0.6 is 0 Å². The number of rotatable bonds is 9. The smallest absolute Gasteiger partial charge is 0.344 e. The summed E-state index contributed by atoms with van der Waals surface area (Å²) >= 11 is 0. The van der Waals surface area contributed by atoms with Crippen LogP contribution in [-0.4, -0.2) is 74.7 Å². The first kappa shape index (κ1) is 23.4. The highest BCUT2D eigenvalue weighted by atomic mass is 16.6. The van der Waals surface area contributed by atoms with E-state index >= 15 is 0 Å². The second-order valence-electron chi connectivity index (χ2n) is 8.20. The molecule has 1 aromatic carbocycles. The predicted octanol–water partition coefficient (Wildman–Crippen LogP) is 2.86. The van der Waals surface area contributed by atoms with Gasteiger partial charge in [-0.05, 0) is 50.2 Å². The highest BCUT2D eigenvalue weighted by Crippen LogP contribution is 2.31. The predicted molar refractivity (Wildman–Crippen MR) is 133 cm³/mol. The zero-order valence-corrected chi connectivity index (χ0v) is 19.9. The Morgan fingerprint density at radius 2 is 2.12 bits per heavy atom. The van der Waals surface area contributed by atoms with Crippen LogP contribution in [0.15, 0.2) is 42.6 Å². The maximum absolute atomic E-state index is 12.1. The van der Waals surface area contributed by atoms with Crippen LogP contribution in [0.5, 0.6) is 5.75 Å². The molecule has 0 saturated carbocycles. The van der Waals surface area contributed by atoms with Crippen molar-refractivity contribution in [1.82, 2.24) is 9.97 Å². The number of anilines is 3. The van der Waals surface area contributed by atoms with Crippen molar-refractivity contribution in [2.24, 2.45) is 0 Å². The van der Waals surface area contributed by atoms with Gasteiger partial charge in [0, 0.05) is 50.3 Å². The number of aromatic amines is 1. The van der Waals surface area contributed by atoms with E-state index in [1.165, 1.54) is 0 Å². The summed E-state index contributed by atoms with van der Waals surface area (Å²) in [5, 5.41) is 0.944. The molecule has 2 aromatic heterocycles. The number of carbonyl (C=O) groups is 2. The second-order valence-corrected chi connectivity index (χ2v) is 8.20. The first-order chi connectivity index (χ1) is 16.5. The van der Waals surface area contributed by atoms with Crippen molar-refractivity contribution in [1.29, 1.82) is 0 Å². The first-order valence-corrected chi connectivity index (χ1v) is 11.6. The Morgan fingerprint density at radius 1 is 1.26 bits per heavy atom. The number of hydrogen-bond acceptors (Lipinski definition) is 8. The van der Waals surface area contributed by atoms with Crippen molar-refractivity contribution >= 4 is 40.5 Å². The van der Waals surface area contributed by atoms with Gasteiger partial charge in [-0.2, -0.15) is 0 Å². The number of hydrogen-bond donors (Lipinski definition) is 1. The molecule has 1 saturated heterocycles. The van der Waals surface area contributed by atoms with Crippen LogP contribution in [0, 0.1) is 0 Å². The third kappa shape index (κ3) is 4.93. The van der Waals surface area contributed by atoms with Gasteiger partial charge in [0.25, 0.3) is 0 Å². The van der Waals surface area contributed by atoms with Crippen molar-refractivity contribution < 1.29 is 19.1 Å². The minimum atomic E-state index is -0.398. The summed E-state index contributed by atoms with van der Waals surface area (Å²) in [6, 6.07) is 11.3. The minimum absolute atomic E-state index is 0.130. The number of pyridine rings is 1. The van der Waals surface area contributed by atoms with Crippen LogP contribution in [-0.2, 0) is 14.3 Å². The topological polar surface area (TPSA) is 91.0 Å². The number of carbonyl (C=O) groups excluding carboxylic acids is 2. The van der Waals surface area contributed by atoms with E-state index in [4.69, 9.17) is 9.47 Å². The fraction of sp³-hybridized carbons (Fsp3) is 0.400. The van der Waals surface area contributed by atoms with E-state index in [2.05, 4.69) is 37.7 Å². The van der Waals surface area contributed by atoms with E-state index < -0.39 is 5.97 Å². The molecule has 0 bridgehead atoms. The zero-order valence-electron chi connectivity index (χ0n) is 19.9. The van der Waals surface area contributed by atoms with E-state index in [9.17, 15) is 9.59 Å². The lowest BCUT2D eigenvalue weighted by atomic mass is 10.1. The molecule has 1 aliphatic rings. The van der Waals surface area contributed by atoms with Crippen LogP contribution in [0.2, 0.25) is 0 Å². The summed E-state index contributed by atoms with van der Waals surface area (Å²) in [6.07, 6.45) is 2.79. The summed E-state index contributed by atoms with van der Waals surface area (Å²) < 4.78 is 10.5. The van der Waals surface area contributed by atoms with Crippen LogP contribution < -0.4 is 19.4 Å². The van der Waals surface area contributed by atoms with E-state index in [0.29, 0.717) is 25.4 Å². The number of H-pyrrole nitrogens is 1. The first-order valence-electron chi connectivity index (χ1n) is 11.6. The lowest BCUT2D eigenvalue weighted by molar-refractivity contribution is -0.145. The number of benzene rings is 1. The lowest BCUT2D eigenvalue weighted by Crippen LogP contribution is -2.54. The number of piperazine rings is 1. The van der Waals surface area contributed by atoms with Gasteiger partial charge < -0.3 is 34.0 Å². The van der Waals surface area contributed by atoms with Crippen molar-refractivity contribution in [3.63, 3.8) is 0 Å². The highest BCUT2D eigenvalue weighted by Gasteiger charge is 2.30. The number of fused-ring (bicyclic) bond motifs is 1. The normalized spacial score (nSPS) is 15.9. The quantitative estimate of drug-likeness (QED) is 0.381. The molecule has 0 radical (unpaired) electrons. The third-order valence-electron chi connectivity index (χ3n) is 6.08. The second kappa shape index (κ2) is 10.5. The number of esters is 1. The Hall–Kier alpha value is -3.75. The molecule has 3 heterocycles. The van der Waals surface area contributed by atoms with Crippen molar-refractivity contribution in [2.75, 3.05) is 61.1 Å². The van der Waals surface area contributed by atoms with E-state index in [1.54, 1.807) is 13.1 Å². The summed E-state index contributed by atoms with van der Waals surface area (Å²) in [5.74, 6) is 1.97. The van der Waals surface area contributed by atoms with Gasteiger partial charge in [-0.3, -0.25) is 0 Å². The monoisotopic (exact) mass is 465 g/mol. The summed E-state index contributed by atoms with van der Waals surface area (Å²) in [7, 11) is 2.04. The molecule has 1 N–H and O–H groups in total. The number of aldehydes is 1. The van der Waals surface area contributed by atoms with Crippen LogP contribution in [0.4, 0.5) is 17.3 Å². The minimum Gasteiger partial charge on any atom is -0.482 e. The molecule has 1 unspecified atom stereocenters. The van der Waals surface area contributed by atoms with Gasteiger partial charge in [0.1, 0.15) is 23.9 Å². The average molecular weight is 466 g/mol. The van der Waals surface area contributed by atoms with Crippen molar-refractivity contribution in [3.05, 3.63) is 42.6 Å². The molecule has 0 aliphatic carbocycles. The maximum atomic E-state index is 12.1. The zero-order chi connectivity index (χ0) is 24.1. The number of nitrogens with zero attached hydrogens (tertiary/aromatic N) is 4. The van der Waals surface area contributed by atoms with Gasteiger partial charge in [-0.1, -0.05) is 0 Å². The van der Waals surface area contributed by atoms with E-state index in [1.807, 2.05) is 37.4 Å². The molecule has 0 spiro atoms. The fourth-order valence-corrected chi connectivity index (χ4v) is 4.20. The molecular weight excluding hydrogens is 434 g/mol. The van der Waals surface area contributed by atoms with Gasteiger partial charge in [-0.25, -0.2) is 9.78 Å². The largest absolute Gasteiger partial charge is 0.482 e.